The molecule has 0 aromatic heterocycles. The van der Waals surface area contributed by atoms with Crippen LogP contribution < -0.4 is 5.32 Å². The molecule has 0 heterocycles. The van der Waals surface area contributed by atoms with Gasteiger partial charge < -0.3 is 10.1 Å². The van der Waals surface area contributed by atoms with Crippen LogP contribution in [0.1, 0.15) is 22.3 Å². The summed E-state index contributed by atoms with van der Waals surface area (Å²) in [7, 11) is 0. The molecule has 0 aliphatic carbocycles. The topological polar surface area (TPSA) is 38.3 Å². The lowest BCUT2D eigenvalue weighted by molar-refractivity contribution is 0.0944. The van der Waals surface area contributed by atoms with Gasteiger partial charge in [0.25, 0.3) is 5.91 Å². The number of halogens is 2. The van der Waals surface area contributed by atoms with Crippen LogP contribution in [0.25, 0.3) is 0 Å². The van der Waals surface area contributed by atoms with Crippen molar-refractivity contribution in [1.29, 1.82) is 0 Å². The molecule has 0 aliphatic rings. The predicted molar refractivity (Wildman–Crippen MR) is 72.7 cm³/mol. The van der Waals surface area contributed by atoms with Gasteiger partial charge in [0.15, 0.2) is 0 Å². The van der Waals surface area contributed by atoms with Gasteiger partial charge in [-0.3, -0.25) is 4.79 Å². The number of benzene rings is 1. The van der Waals surface area contributed by atoms with Crippen LogP contribution in [0.5, 0.6) is 0 Å². The lowest BCUT2D eigenvalue weighted by Crippen LogP contribution is -2.26. The summed E-state index contributed by atoms with van der Waals surface area (Å²) >= 11 is 3.26. The third kappa shape index (κ3) is 5.14. The maximum absolute atomic E-state index is 12.9. The fourth-order valence-electron chi connectivity index (χ4n) is 1.51. The molecule has 0 aliphatic heterocycles. The van der Waals surface area contributed by atoms with Crippen molar-refractivity contribution >= 4 is 21.8 Å². The highest BCUT2D eigenvalue weighted by Gasteiger charge is 2.08. The molecule has 18 heavy (non-hydrogen) atoms. The Kier molecular flexibility index (Phi) is 6.90. The second-order valence-electron chi connectivity index (χ2n) is 3.87. The molecule has 1 N–H and O–H groups in total. The standard InChI is InChI=1S/C13H17BrFNO2/c1-10-9-11(15)3-4-12(10)13(17)16-6-2-7-18-8-5-14/h3-4,9H,2,5-8H2,1H3,(H,16,17). The van der Waals surface area contributed by atoms with Gasteiger partial charge in [0.05, 0.1) is 6.61 Å². The summed E-state index contributed by atoms with van der Waals surface area (Å²) in [6.07, 6.45) is 0.763. The van der Waals surface area contributed by atoms with E-state index in [1.54, 1.807) is 6.92 Å². The van der Waals surface area contributed by atoms with Crippen LogP contribution in [-0.2, 0) is 4.74 Å². The smallest absolute Gasteiger partial charge is 0.251 e. The first-order chi connectivity index (χ1) is 8.65. The molecule has 0 unspecified atom stereocenters. The van der Waals surface area contributed by atoms with Crippen LogP contribution in [0.15, 0.2) is 18.2 Å². The van der Waals surface area contributed by atoms with E-state index >= 15 is 0 Å². The molecule has 100 valence electrons. The summed E-state index contributed by atoms with van der Waals surface area (Å²) in [6, 6.07) is 4.15. The number of alkyl halides is 1. The fraction of sp³-hybridized carbons (Fsp3) is 0.462. The highest BCUT2D eigenvalue weighted by Crippen LogP contribution is 2.09. The first-order valence-electron chi connectivity index (χ1n) is 5.83. The first kappa shape index (κ1) is 15.1. The van der Waals surface area contributed by atoms with Gasteiger partial charge in [-0.1, -0.05) is 15.9 Å². The van der Waals surface area contributed by atoms with Gasteiger partial charge in [-0.05, 0) is 37.1 Å². The van der Waals surface area contributed by atoms with E-state index in [2.05, 4.69) is 21.2 Å². The van der Waals surface area contributed by atoms with Crippen LogP contribution in [0.3, 0.4) is 0 Å². The van der Waals surface area contributed by atoms with E-state index in [1.807, 2.05) is 0 Å². The largest absolute Gasteiger partial charge is 0.381 e. The number of hydrogen-bond donors (Lipinski definition) is 1. The Morgan fingerprint density at radius 2 is 2.22 bits per heavy atom. The van der Waals surface area contributed by atoms with Gasteiger partial charge in [0.1, 0.15) is 5.82 Å². The van der Waals surface area contributed by atoms with E-state index in [1.165, 1.54) is 18.2 Å². The number of carbonyl (C=O) groups excluding carboxylic acids is 1. The maximum Gasteiger partial charge on any atom is 0.251 e. The highest BCUT2D eigenvalue weighted by molar-refractivity contribution is 9.09. The molecule has 0 radical (unpaired) electrons. The van der Waals surface area contributed by atoms with Crippen molar-refractivity contribution in [3.8, 4) is 0 Å². The Balaban J connectivity index is 2.32. The molecule has 1 rings (SSSR count). The third-order valence-electron chi connectivity index (χ3n) is 2.41. The van der Waals surface area contributed by atoms with Crippen LogP contribution in [-0.4, -0.2) is 31.0 Å². The summed E-state index contributed by atoms with van der Waals surface area (Å²) in [5.41, 5.74) is 1.15. The van der Waals surface area contributed by atoms with Crippen molar-refractivity contribution in [2.75, 3.05) is 25.1 Å². The lowest BCUT2D eigenvalue weighted by atomic mass is 10.1. The summed E-state index contributed by atoms with van der Waals surface area (Å²) in [4.78, 5) is 11.8. The number of ether oxygens (including phenoxy) is 1. The Labute approximate surface area is 115 Å². The van der Waals surface area contributed by atoms with Crippen molar-refractivity contribution in [2.45, 2.75) is 13.3 Å². The molecule has 0 atom stereocenters. The van der Waals surface area contributed by atoms with E-state index in [9.17, 15) is 9.18 Å². The van der Waals surface area contributed by atoms with Crippen LogP contribution in [0.2, 0.25) is 0 Å². The zero-order valence-corrected chi connectivity index (χ0v) is 11.9. The second-order valence-corrected chi connectivity index (χ2v) is 4.66. The van der Waals surface area contributed by atoms with Gasteiger partial charge in [0, 0.05) is 24.0 Å². The molecule has 1 aromatic rings. The van der Waals surface area contributed by atoms with E-state index in [0.29, 0.717) is 30.9 Å². The van der Waals surface area contributed by atoms with Gasteiger partial charge in [-0.15, -0.1) is 0 Å². The highest BCUT2D eigenvalue weighted by atomic mass is 79.9. The normalized spacial score (nSPS) is 10.4. The molecular formula is C13H17BrFNO2. The number of aryl methyl sites for hydroxylation is 1. The molecule has 3 nitrogen and oxygen atoms in total. The van der Waals surface area contributed by atoms with Gasteiger partial charge in [0.2, 0.25) is 0 Å². The zero-order chi connectivity index (χ0) is 13.4. The molecule has 0 fully saturated rings. The summed E-state index contributed by atoms with van der Waals surface area (Å²) in [5, 5.41) is 3.60. The Morgan fingerprint density at radius 3 is 2.89 bits per heavy atom. The molecule has 0 spiro atoms. The second kappa shape index (κ2) is 8.21. The van der Waals surface area contributed by atoms with Crippen molar-refractivity contribution in [3.05, 3.63) is 35.1 Å². The molecule has 0 bridgehead atoms. The summed E-state index contributed by atoms with van der Waals surface area (Å²) in [6.45, 7) is 3.56. The average Bonchev–Trinajstić information content (AvgIpc) is 2.33. The van der Waals surface area contributed by atoms with Crippen molar-refractivity contribution in [1.82, 2.24) is 5.32 Å². The number of nitrogens with one attached hydrogen (secondary N) is 1. The Hall–Kier alpha value is -0.940. The average molecular weight is 318 g/mol. The van der Waals surface area contributed by atoms with Crippen LogP contribution in [0.4, 0.5) is 4.39 Å². The number of hydrogen-bond acceptors (Lipinski definition) is 2. The van der Waals surface area contributed by atoms with Crippen molar-refractivity contribution in [3.63, 3.8) is 0 Å². The number of rotatable bonds is 7. The fourth-order valence-corrected chi connectivity index (χ4v) is 1.74. The van der Waals surface area contributed by atoms with Crippen molar-refractivity contribution < 1.29 is 13.9 Å². The number of amides is 1. The minimum Gasteiger partial charge on any atom is -0.381 e. The van der Waals surface area contributed by atoms with Gasteiger partial charge in [-0.25, -0.2) is 4.39 Å². The maximum atomic E-state index is 12.9. The third-order valence-corrected chi connectivity index (χ3v) is 2.73. The van der Waals surface area contributed by atoms with E-state index in [4.69, 9.17) is 4.74 Å². The lowest BCUT2D eigenvalue weighted by Gasteiger charge is -2.07. The predicted octanol–water partition coefficient (Wildman–Crippen LogP) is 2.67. The molecule has 1 amide bonds. The van der Waals surface area contributed by atoms with Gasteiger partial charge in [-0.2, -0.15) is 0 Å². The molecule has 0 saturated carbocycles. The zero-order valence-electron chi connectivity index (χ0n) is 10.3. The van der Waals surface area contributed by atoms with E-state index < -0.39 is 0 Å². The summed E-state index contributed by atoms with van der Waals surface area (Å²) in [5.74, 6) is -0.500. The minimum atomic E-state index is -0.327. The molecule has 0 saturated heterocycles. The molecule has 5 heteroatoms. The molecular weight excluding hydrogens is 301 g/mol. The summed E-state index contributed by atoms with van der Waals surface area (Å²) < 4.78 is 18.1. The van der Waals surface area contributed by atoms with Crippen LogP contribution in [0, 0.1) is 12.7 Å². The van der Waals surface area contributed by atoms with Crippen molar-refractivity contribution in [2.24, 2.45) is 0 Å². The van der Waals surface area contributed by atoms with Gasteiger partial charge >= 0.3 is 0 Å². The Morgan fingerprint density at radius 1 is 1.44 bits per heavy atom. The first-order valence-corrected chi connectivity index (χ1v) is 6.95. The van der Waals surface area contributed by atoms with E-state index in [-0.39, 0.29) is 11.7 Å². The number of carbonyl (C=O) groups is 1. The quantitative estimate of drug-likeness (QED) is 0.620. The Bertz CT molecular complexity index is 399. The van der Waals surface area contributed by atoms with Crippen LogP contribution >= 0.6 is 15.9 Å². The molecule has 1 aromatic carbocycles. The van der Waals surface area contributed by atoms with E-state index in [0.717, 1.165) is 11.8 Å². The SMILES string of the molecule is Cc1cc(F)ccc1C(=O)NCCCOCCBr. The minimum absolute atomic E-state index is 0.173. The monoisotopic (exact) mass is 317 g/mol.